The molecule has 0 aliphatic rings. The predicted octanol–water partition coefficient (Wildman–Crippen LogP) is 3.23. The molecule has 90 valence electrons. The monoisotopic (exact) mass is 248 g/mol. The third-order valence-corrected chi connectivity index (χ3v) is 3.64. The van der Waals surface area contributed by atoms with Crippen LogP contribution in [0.2, 0.25) is 0 Å². The Morgan fingerprint density at radius 1 is 1.29 bits per heavy atom. The summed E-state index contributed by atoms with van der Waals surface area (Å²) in [6.07, 6.45) is 0. The number of ether oxygens (including phenoxy) is 1. The van der Waals surface area contributed by atoms with Gasteiger partial charge in [-0.3, -0.25) is 0 Å². The molecule has 2 rings (SSSR count). The first kappa shape index (κ1) is 11.9. The van der Waals surface area contributed by atoms with Crippen LogP contribution in [0.4, 0.5) is 5.69 Å². The van der Waals surface area contributed by atoms with E-state index in [9.17, 15) is 0 Å². The summed E-state index contributed by atoms with van der Waals surface area (Å²) in [5, 5.41) is 0.986. The second-order valence-electron chi connectivity index (χ2n) is 4.08. The average molecular weight is 248 g/mol. The largest absolute Gasteiger partial charge is 0.484 e. The molecule has 0 amide bonds. The second kappa shape index (κ2) is 4.75. The summed E-state index contributed by atoms with van der Waals surface area (Å²) in [5.74, 6) is 0.723. The number of aromatic nitrogens is 1. The van der Waals surface area contributed by atoms with E-state index in [0.29, 0.717) is 12.3 Å². The number of anilines is 1. The lowest BCUT2D eigenvalue weighted by Crippen LogP contribution is -1.98. The fourth-order valence-electron chi connectivity index (χ4n) is 1.54. The number of nitrogens with zero attached hydrogens (tertiary/aromatic N) is 1. The number of aryl methyl sites for hydroxylation is 3. The van der Waals surface area contributed by atoms with E-state index < -0.39 is 0 Å². The van der Waals surface area contributed by atoms with Crippen molar-refractivity contribution in [1.82, 2.24) is 4.98 Å². The smallest absolute Gasteiger partial charge is 0.142 e. The molecule has 2 aromatic rings. The van der Waals surface area contributed by atoms with Crippen molar-refractivity contribution >= 4 is 17.0 Å². The Balaban J connectivity index is 2.07. The number of hydrogen-bond acceptors (Lipinski definition) is 4. The van der Waals surface area contributed by atoms with Gasteiger partial charge >= 0.3 is 0 Å². The lowest BCUT2D eigenvalue weighted by Gasteiger charge is -2.07. The van der Waals surface area contributed by atoms with Crippen molar-refractivity contribution in [3.8, 4) is 5.75 Å². The summed E-state index contributed by atoms with van der Waals surface area (Å²) in [5.41, 5.74) is 8.76. The van der Waals surface area contributed by atoms with Gasteiger partial charge in [-0.05, 0) is 38.5 Å². The van der Waals surface area contributed by atoms with E-state index in [4.69, 9.17) is 10.5 Å². The van der Waals surface area contributed by atoms with Crippen molar-refractivity contribution in [3.63, 3.8) is 0 Å². The average Bonchev–Trinajstić information content (AvgIpc) is 2.57. The SMILES string of the molecule is Cc1ccc(OCc2nc(C)c(C)s2)c(N)c1. The van der Waals surface area contributed by atoms with E-state index >= 15 is 0 Å². The Labute approximate surface area is 105 Å². The highest BCUT2D eigenvalue weighted by Crippen LogP contribution is 2.24. The molecule has 0 bridgehead atoms. The van der Waals surface area contributed by atoms with Crippen LogP contribution in [0.1, 0.15) is 21.1 Å². The Kier molecular flexibility index (Phi) is 3.33. The van der Waals surface area contributed by atoms with Crippen LogP contribution in [-0.4, -0.2) is 4.98 Å². The summed E-state index contributed by atoms with van der Waals surface area (Å²) < 4.78 is 5.67. The molecule has 2 N–H and O–H groups in total. The molecule has 0 saturated carbocycles. The topological polar surface area (TPSA) is 48.1 Å². The van der Waals surface area contributed by atoms with E-state index in [1.54, 1.807) is 11.3 Å². The quantitative estimate of drug-likeness (QED) is 0.848. The number of thiazole rings is 1. The Hall–Kier alpha value is -1.55. The molecule has 1 aromatic heterocycles. The van der Waals surface area contributed by atoms with E-state index in [1.165, 1.54) is 4.88 Å². The maximum Gasteiger partial charge on any atom is 0.142 e. The summed E-state index contributed by atoms with van der Waals surface area (Å²) in [4.78, 5) is 5.66. The van der Waals surface area contributed by atoms with E-state index in [0.717, 1.165) is 22.0 Å². The van der Waals surface area contributed by atoms with Gasteiger partial charge in [0.15, 0.2) is 0 Å². The molecule has 3 nitrogen and oxygen atoms in total. The third-order valence-electron chi connectivity index (χ3n) is 2.59. The third kappa shape index (κ3) is 2.77. The maximum absolute atomic E-state index is 5.88. The molecule has 0 aliphatic carbocycles. The minimum atomic E-state index is 0.479. The lowest BCUT2D eigenvalue weighted by molar-refractivity contribution is 0.307. The van der Waals surface area contributed by atoms with Crippen LogP contribution in [-0.2, 0) is 6.61 Å². The van der Waals surface area contributed by atoms with Crippen LogP contribution in [0.25, 0.3) is 0 Å². The molecule has 1 heterocycles. The number of benzene rings is 1. The van der Waals surface area contributed by atoms with Gasteiger partial charge in [-0.15, -0.1) is 11.3 Å². The van der Waals surface area contributed by atoms with Crippen molar-refractivity contribution in [2.45, 2.75) is 27.4 Å². The van der Waals surface area contributed by atoms with Gasteiger partial charge in [0.1, 0.15) is 17.4 Å². The normalized spacial score (nSPS) is 10.5. The van der Waals surface area contributed by atoms with Gasteiger partial charge in [0.05, 0.1) is 11.4 Å². The van der Waals surface area contributed by atoms with Crippen molar-refractivity contribution in [3.05, 3.63) is 39.3 Å². The molecule has 4 heteroatoms. The van der Waals surface area contributed by atoms with Gasteiger partial charge in [-0.25, -0.2) is 4.98 Å². The predicted molar refractivity (Wildman–Crippen MR) is 71.5 cm³/mol. The van der Waals surface area contributed by atoms with E-state index in [2.05, 4.69) is 11.9 Å². The molecule has 1 aromatic carbocycles. The standard InChI is InChI=1S/C13H16N2OS/c1-8-4-5-12(11(14)6-8)16-7-13-15-9(2)10(3)17-13/h4-6H,7,14H2,1-3H3. The van der Waals surface area contributed by atoms with Crippen LogP contribution in [0.5, 0.6) is 5.75 Å². The van der Waals surface area contributed by atoms with E-state index in [1.807, 2.05) is 32.0 Å². The van der Waals surface area contributed by atoms with Gasteiger partial charge in [0.2, 0.25) is 0 Å². The van der Waals surface area contributed by atoms with Crippen LogP contribution in [0.15, 0.2) is 18.2 Å². The molecule has 0 radical (unpaired) electrons. The fraction of sp³-hybridized carbons (Fsp3) is 0.308. The van der Waals surface area contributed by atoms with E-state index in [-0.39, 0.29) is 0 Å². The molecule has 0 aliphatic heterocycles. The zero-order chi connectivity index (χ0) is 12.4. The van der Waals surface area contributed by atoms with Crippen molar-refractivity contribution < 1.29 is 4.74 Å². The van der Waals surface area contributed by atoms with Crippen molar-refractivity contribution in [2.24, 2.45) is 0 Å². The summed E-state index contributed by atoms with van der Waals surface area (Å²) in [6, 6.07) is 5.80. The van der Waals surface area contributed by atoms with Gasteiger partial charge in [0, 0.05) is 4.88 Å². The first-order valence-corrected chi connectivity index (χ1v) is 6.30. The highest BCUT2D eigenvalue weighted by atomic mass is 32.1. The molecule has 0 spiro atoms. The van der Waals surface area contributed by atoms with Gasteiger partial charge < -0.3 is 10.5 Å². The van der Waals surface area contributed by atoms with Crippen LogP contribution >= 0.6 is 11.3 Å². The molecule has 17 heavy (non-hydrogen) atoms. The maximum atomic E-state index is 5.88. The van der Waals surface area contributed by atoms with Crippen molar-refractivity contribution in [2.75, 3.05) is 5.73 Å². The van der Waals surface area contributed by atoms with Crippen molar-refractivity contribution in [1.29, 1.82) is 0 Å². The number of hydrogen-bond donors (Lipinski definition) is 1. The van der Waals surface area contributed by atoms with Gasteiger partial charge in [0.25, 0.3) is 0 Å². The minimum absolute atomic E-state index is 0.479. The summed E-state index contributed by atoms with van der Waals surface area (Å²) in [7, 11) is 0. The Morgan fingerprint density at radius 2 is 2.06 bits per heavy atom. The number of nitrogen functional groups attached to an aromatic ring is 1. The fourth-order valence-corrected chi connectivity index (χ4v) is 2.39. The van der Waals surface area contributed by atoms with Crippen LogP contribution < -0.4 is 10.5 Å². The first-order chi connectivity index (χ1) is 8.06. The Morgan fingerprint density at radius 3 is 2.65 bits per heavy atom. The minimum Gasteiger partial charge on any atom is -0.484 e. The number of rotatable bonds is 3. The molecule has 0 saturated heterocycles. The summed E-state index contributed by atoms with van der Waals surface area (Å²) >= 11 is 1.67. The molecular weight excluding hydrogens is 232 g/mol. The van der Waals surface area contributed by atoms with Gasteiger partial charge in [-0.1, -0.05) is 6.07 Å². The van der Waals surface area contributed by atoms with Crippen LogP contribution in [0, 0.1) is 20.8 Å². The lowest BCUT2D eigenvalue weighted by atomic mass is 10.2. The summed E-state index contributed by atoms with van der Waals surface area (Å²) in [6.45, 7) is 6.56. The Bertz CT molecular complexity index is 515. The van der Waals surface area contributed by atoms with Crippen LogP contribution in [0.3, 0.4) is 0 Å². The number of nitrogens with two attached hydrogens (primary N) is 1. The van der Waals surface area contributed by atoms with Gasteiger partial charge in [-0.2, -0.15) is 0 Å². The highest BCUT2D eigenvalue weighted by molar-refractivity contribution is 7.11. The zero-order valence-electron chi connectivity index (χ0n) is 10.3. The molecule has 0 fully saturated rings. The highest BCUT2D eigenvalue weighted by Gasteiger charge is 2.06. The molecule has 0 atom stereocenters. The first-order valence-electron chi connectivity index (χ1n) is 5.48. The molecular formula is C13H16N2OS. The second-order valence-corrected chi connectivity index (χ2v) is 5.37. The zero-order valence-corrected chi connectivity index (χ0v) is 11.1. The molecule has 0 unspecified atom stereocenters.